The molecule has 0 bridgehead atoms. The third kappa shape index (κ3) is 5.08. The minimum absolute atomic E-state index is 0.159. The summed E-state index contributed by atoms with van der Waals surface area (Å²) in [6.45, 7) is 3.21. The van der Waals surface area contributed by atoms with Gasteiger partial charge < -0.3 is 14.4 Å². The first-order valence-corrected chi connectivity index (χ1v) is 10.8. The number of nitrogens with one attached hydrogen (secondary N) is 1. The Kier molecular flexibility index (Phi) is 6.51. The van der Waals surface area contributed by atoms with E-state index in [1.807, 2.05) is 0 Å². The van der Waals surface area contributed by atoms with Crippen molar-refractivity contribution in [2.45, 2.75) is 43.2 Å². The number of carbonyl (C=O) groups is 1. The lowest BCUT2D eigenvalue weighted by molar-refractivity contribution is -0.139. The summed E-state index contributed by atoms with van der Waals surface area (Å²) in [7, 11) is -4.54. The van der Waals surface area contributed by atoms with Crippen molar-refractivity contribution in [2.24, 2.45) is 5.92 Å². The number of hydrogen-bond acceptors (Lipinski definition) is 5. The van der Waals surface area contributed by atoms with Crippen LogP contribution in [0.25, 0.3) is 0 Å². The molecular weight excluding hydrogens is 413 g/mol. The number of amides is 1. The molecule has 1 atom stereocenters. The van der Waals surface area contributed by atoms with Crippen LogP contribution in [0.3, 0.4) is 0 Å². The Morgan fingerprint density at radius 3 is 2.34 bits per heavy atom. The smallest absolute Gasteiger partial charge is 0.350 e. The fourth-order valence-corrected chi connectivity index (χ4v) is 5.02. The topological polar surface area (TPSA) is 84.9 Å². The maximum Gasteiger partial charge on any atom is 0.417 e. The van der Waals surface area contributed by atoms with Crippen molar-refractivity contribution in [3.05, 3.63) is 29.8 Å². The predicted molar refractivity (Wildman–Crippen MR) is 96.2 cm³/mol. The maximum atomic E-state index is 13.1. The van der Waals surface area contributed by atoms with Crippen LogP contribution in [0.2, 0.25) is 0 Å². The van der Waals surface area contributed by atoms with Gasteiger partial charge in [-0.05, 0) is 31.9 Å². The van der Waals surface area contributed by atoms with Gasteiger partial charge in [-0.1, -0.05) is 12.1 Å². The number of rotatable bonds is 5. The second kappa shape index (κ2) is 8.58. The zero-order valence-corrected chi connectivity index (χ0v) is 16.6. The van der Waals surface area contributed by atoms with Crippen molar-refractivity contribution in [3.63, 3.8) is 0 Å². The Balaban J connectivity index is 1.64. The lowest BCUT2D eigenvalue weighted by Crippen LogP contribution is -2.50. The molecule has 11 heteroatoms. The quantitative estimate of drug-likeness (QED) is 0.763. The molecule has 1 aromatic carbocycles. The SMILES string of the molecule is C[C@H](NS(=O)(=O)c1ccccc1C(F)(F)F)C(=O)N1CCC(C2OCCO2)CC1. The van der Waals surface area contributed by atoms with Crippen LogP contribution in [0.4, 0.5) is 13.2 Å². The first kappa shape index (κ1) is 22.0. The van der Waals surface area contributed by atoms with Gasteiger partial charge in [-0.2, -0.15) is 17.9 Å². The lowest BCUT2D eigenvalue weighted by Gasteiger charge is -2.35. The highest BCUT2D eigenvalue weighted by molar-refractivity contribution is 7.89. The molecule has 2 saturated heterocycles. The second-order valence-electron chi connectivity index (χ2n) is 7.11. The number of alkyl halides is 3. The fourth-order valence-electron chi connectivity index (χ4n) is 3.60. The van der Waals surface area contributed by atoms with E-state index >= 15 is 0 Å². The summed E-state index contributed by atoms with van der Waals surface area (Å²) in [4.78, 5) is 13.2. The Hall–Kier alpha value is -1.69. The number of ether oxygens (including phenoxy) is 2. The van der Waals surface area contributed by atoms with E-state index in [-0.39, 0.29) is 12.2 Å². The van der Waals surface area contributed by atoms with Gasteiger partial charge >= 0.3 is 6.18 Å². The molecule has 1 N–H and O–H groups in total. The Bertz CT molecular complexity index is 832. The molecule has 29 heavy (non-hydrogen) atoms. The van der Waals surface area contributed by atoms with Gasteiger partial charge in [0, 0.05) is 19.0 Å². The maximum absolute atomic E-state index is 13.1. The highest BCUT2D eigenvalue weighted by Crippen LogP contribution is 2.34. The average Bonchev–Trinajstić information content (AvgIpc) is 3.21. The van der Waals surface area contributed by atoms with Crippen molar-refractivity contribution < 1.29 is 35.9 Å². The number of nitrogens with zero attached hydrogens (tertiary/aromatic N) is 1. The third-order valence-corrected chi connectivity index (χ3v) is 6.67. The molecule has 2 fully saturated rings. The third-order valence-electron chi connectivity index (χ3n) is 5.07. The van der Waals surface area contributed by atoms with Gasteiger partial charge in [0.1, 0.15) is 0 Å². The van der Waals surface area contributed by atoms with E-state index in [2.05, 4.69) is 4.72 Å². The predicted octanol–water partition coefficient (Wildman–Crippen LogP) is 1.98. The van der Waals surface area contributed by atoms with Crippen LogP contribution in [0.1, 0.15) is 25.3 Å². The molecule has 1 amide bonds. The van der Waals surface area contributed by atoms with E-state index in [0.717, 1.165) is 12.1 Å². The summed E-state index contributed by atoms with van der Waals surface area (Å²) in [5.74, 6) is -0.322. The van der Waals surface area contributed by atoms with E-state index in [1.165, 1.54) is 17.9 Å². The lowest BCUT2D eigenvalue weighted by atomic mass is 9.96. The number of carbonyl (C=O) groups excluding carboxylic acids is 1. The minimum atomic E-state index is -4.83. The number of likely N-dealkylation sites (tertiary alicyclic amines) is 1. The van der Waals surface area contributed by atoms with Crippen LogP contribution in [0.15, 0.2) is 29.2 Å². The van der Waals surface area contributed by atoms with Gasteiger partial charge in [-0.3, -0.25) is 4.79 Å². The van der Waals surface area contributed by atoms with E-state index in [0.29, 0.717) is 45.2 Å². The second-order valence-corrected chi connectivity index (χ2v) is 8.79. The van der Waals surface area contributed by atoms with Crippen LogP contribution >= 0.6 is 0 Å². The molecule has 1 aromatic rings. The molecule has 0 saturated carbocycles. The molecule has 0 unspecified atom stereocenters. The Morgan fingerprint density at radius 2 is 1.76 bits per heavy atom. The standard InChI is InChI=1S/C18H23F3N2O5S/c1-12(16(24)23-8-6-13(7-9-23)17-27-10-11-28-17)22-29(25,26)15-5-3-2-4-14(15)18(19,20)21/h2-5,12-13,17,22H,6-11H2,1H3/t12-/m0/s1. The number of piperidine rings is 1. The highest BCUT2D eigenvalue weighted by atomic mass is 32.2. The van der Waals surface area contributed by atoms with Crippen LogP contribution < -0.4 is 4.72 Å². The van der Waals surface area contributed by atoms with E-state index in [1.54, 1.807) is 0 Å². The van der Waals surface area contributed by atoms with Crippen molar-refractivity contribution in [1.82, 2.24) is 9.62 Å². The summed E-state index contributed by atoms with van der Waals surface area (Å²) in [6.07, 6.45) is -3.81. The van der Waals surface area contributed by atoms with E-state index in [4.69, 9.17) is 9.47 Å². The molecule has 0 radical (unpaired) electrons. The minimum Gasteiger partial charge on any atom is -0.350 e. The monoisotopic (exact) mass is 436 g/mol. The Morgan fingerprint density at radius 1 is 1.17 bits per heavy atom. The molecule has 2 aliphatic heterocycles. The average molecular weight is 436 g/mol. The van der Waals surface area contributed by atoms with Crippen LogP contribution in [0, 0.1) is 5.92 Å². The van der Waals surface area contributed by atoms with Gasteiger partial charge in [-0.25, -0.2) is 8.42 Å². The van der Waals surface area contributed by atoms with Crippen LogP contribution in [-0.2, 0) is 30.5 Å². The number of sulfonamides is 1. The van der Waals surface area contributed by atoms with Gasteiger partial charge in [0.05, 0.1) is 29.7 Å². The summed E-state index contributed by atoms with van der Waals surface area (Å²) in [6, 6.07) is 2.68. The molecular formula is C18H23F3N2O5S. The molecule has 7 nitrogen and oxygen atoms in total. The molecule has 3 rings (SSSR count). The molecule has 2 heterocycles. The van der Waals surface area contributed by atoms with Crippen LogP contribution in [-0.4, -0.2) is 57.9 Å². The summed E-state index contributed by atoms with van der Waals surface area (Å²) in [5.41, 5.74) is -1.27. The first-order chi connectivity index (χ1) is 13.6. The normalized spacial score (nSPS) is 20.8. The molecule has 0 aromatic heterocycles. The zero-order chi connectivity index (χ0) is 21.2. The Labute approximate surface area is 167 Å². The summed E-state index contributed by atoms with van der Waals surface area (Å²) >= 11 is 0. The van der Waals surface area contributed by atoms with Gasteiger partial charge in [0.25, 0.3) is 0 Å². The molecule has 162 valence electrons. The van der Waals surface area contributed by atoms with Gasteiger partial charge in [0.15, 0.2) is 6.29 Å². The largest absolute Gasteiger partial charge is 0.417 e. The van der Waals surface area contributed by atoms with Gasteiger partial charge in [-0.15, -0.1) is 0 Å². The number of benzene rings is 1. The fraction of sp³-hybridized carbons (Fsp3) is 0.611. The van der Waals surface area contributed by atoms with E-state index in [9.17, 15) is 26.4 Å². The van der Waals surface area contributed by atoms with Gasteiger partial charge in [0.2, 0.25) is 15.9 Å². The molecule has 0 spiro atoms. The van der Waals surface area contributed by atoms with Crippen molar-refractivity contribution in [2.75, 3.05) is 26.3 Å². The van der Waals surface area contributed by atoms with Crippen molar-refractivity contribution in [1.29, 1.82) is 0 Å². The number of hydrogen-bond donors (Lipinski definition) is 1. The first-order valence-electron chi connectivity index (χ1n) is 9.30. The zero-order valence-electron chi connectivity index (χ0n) is 15.8. The highest BCUT2D eigenvalue weighted by Gasteiger charge is 2.38. The number of halogens is 3. The summed E-state index contributed by atoms with van der Waals surface area (Å²) < 4.78 is 77.5. The van der Waals surface area contributed by atoms with Crippen molar-refractivity contribution in [3.8, 4) is 0 Å². The molecule has 0 aliphatic carbocycles. The molecule has 2 aliphatic rings. The van der Waals surface area contributed by atoms with Crippen molar-refractivity contribution >= 4 is 15.9 Å². The summed E-state index contributed by atoms with van der Waals surface area (Å²) in [5, 5.41) is 0. The van der Waals surface area contributed by atoms with Crippen LogP contribution in [0.5, 0.6) is 0 Å². The van der Waals surface area contributed by atoms with E-state index < -0.39 is 38.6 Å².